The van der Waals surface area contributed by atoms with E-state index < -0.39 is 0 Å². The summed E-state index contributed by atoms with van der Waals surface area (Å²) in [5.74, 6) is 1.61. The molecule has 1 aromatic carbocycles. The fraction of sp³-hybridized carbons (Fsp3) is 0.381. The molecule has 158 valence electrons. The maximum atomic E-state index is 11.9. The molecule has 0 aliphatic carbocycles. The van der Waals surface area contributed by atoms with E-state index in [1.165, 1.54) is 0 Å². The third-order valence-electron chi connectivity index (χ3n) is 5.65. The Morgan fingerprint density at radius 2 is 2.20 bits per heavy atom. The summed E-state index contributed by atoms with van der Waals surface area (Å²) in [6.07, 6.45) is 3.81. The number of nitrogens with zero attached hydrogens (tertiary/aromatic N) is 3. The number of hydrogen-bond acceptors (Lipinski definition) is 5. The zero-order valence-electron chi connectivity index (χ0n) is 17.0. The second kappa shape index (κ2) is 7.96. The molecule has 30 heavy (non-hydrogen) atoms. The zero-order valence-corrected chi connectivity index (χ0v) is 18.5. The predicted molar refractivity (Wildman–Crippen MR) is 118 cm³/mol. The number of imidazole rings is 1. The Labute approximate surface area is 184 Å². The van der Waals surface area contributed by atoms with E-state index in [0.29, 0.717) is 46.9 Å². The minimum Gasteiger partial charge on any atom is -0.493 e. The Kier molecular flexibility index (Phi) is 5.51. The van der Waals surface area contributed by atoms with Crippen LogP contribution in [0, 0.1) is 6.92 Å². The standard InChI is InChI=1S/C21H23Cl2N5O2/c1-4-30-18-13(8-14(22)11(3)16(18)12-7-15(29)26-9-12)10(2)21-27-19(23)17-20(24)25-5-6-28(17)21/h5-6,8,10,12H,4,7,9H2,1-3H3,(H2,24,25)(H,26,29). The molecule has 1 amide bonds. The molecule has 0 bridgehead atoms. The lowest BCUT2D eigenvalue weighted by Crippen LogP contribution is -2.15. The van der Waals surface area contributed by atoms with Crippen molar-refractivity contribution in [2.24, 2.45) is 0 Å². The molecule has 0 saturated carbocycles. The number of benzene rings is 1. The van der Waals surface area contributed by atoms with Crippen molar-refractivity contribution >= 4 is 40.4 Å². The van der Waals surface area contributed by atoms with E-state index in [1.54, 1.807) is 12.4 Å². The summed E-state index contributed by atoms with van der Waals surface area (Å²) in [7, 11) is 0. The highest BCUT2D eigenvalue weighted by Crippen LogP contribution is 2.44. The molecule has 2 aromatic heterocycles. The van der Waals surface area contributed by atoms with Crippen LogP contribution in [-0.2, 0) is 4.79 Å². The van der Waals surface area contributed by atoms with Crippen molar-refractivity contribution in [2.75, 3.05) is 18.9 Å². The largest absolute Gasteiger partial charge is 0.493 e. The number of halogens is 2. The number of nitrogen functional groups attached to an aromatic ring is 1. The molecular weight excluding hydrogens is 425 g/mol. The summed E-state index contributed by atoms with van der Waals surface area (Å²) in [6.45, 7) is 6.98. The number of rotatable bonds is 5. The molecule has 4 rings (SSSR count). The van der Waals surface area contributed by atoms with Gasteiger partial charge in [0.1, 0.15) is 17.1 Å². The lowest BCUT2D eigenvalue weighted by atomic mass is 9.87. The molecule has 1 aliphatic rings. The molecule has 3 N–H and O–H groups in total. The summed E-state index contributed by atoms with van der Waals surface area (Å²) in [5, 5.41) is 3.83. The van der Waals surface area contributed by atoms with Gasteiger partial charge in [0.15, 0.2) is 11.0 Å². The summed E-state index contributed by atoms with van der Waals surface area (Å²) < 4.78 is 7.98. The summed E-state index contributed by atoms with van der Waals surface area (Å²) in [5.41, 5.74) is 9.37. The topological polar surface area (TPSA) is 94.5 Å². The van der Waals surface area contributed by atoms with E-state index in [2.05, 4.69) is 15.3 Å². The van der Waals surface area contributed by atoms with Crippen molar-refractivity contribution in [2.45, 2.75) is 39.0 Å². The highest BCUT2D eigenvalue weighted by Gasteiger charge is 2.32. The van der Waals surface area contributed by atoms with Gasteiger partial charge in [0.2, 0.25) is 5.91 Å². The van der Waals surface area contributed by atoms with Crippen LogP contribution in [0.25, 0.3) is 5.52 Å². The number of amides is 1. The molecule has 2 atom stereocenters. The number of fused-ring (bicyclic) bond motifs is 1. The van der Waals surface area contributed by atoms with E-state index in [1.807, 2.05) is 31.2 Å². The number of aromatic nitrogens is 3. The first-order valence-corrected chi connectivity index (χ1v) is 10.6. The van der Waals surface area contributed by atoms with Crippen LogP contribution in [0.3, 0.4) is 0 Å². The Morgan fingerprint density at radius 1 is 1.43 bits per heavy atom. The monoisotopic (exact) mass is 447 g/mol. The van der Waals surface area contributed by atoms with Gasteiger partial charge in [-0.05, 0) is 25.5 Å². The van der Waals surface area contributed by atoms with Gasteiger partial charge in [0, 0.05) is 53.3 Å². The van der Waals surface area contributed by atoms with Gasteiger partial charge in [-0.3, -0.25) is 9.20 Å². The van der Waals surface area contributed by atoms with Gasteiger partial charge >= 0.3 is 0 Å². The number of nitrogens with two attached hydrogens (primary N) is 1. The molecular formula is C21H23Cl2N5O2. The van der Waals surface area contributed by atoms with E-state index in [-0.39, 0.29) is 17.7 Å². The molecule has 9 heteroatoms. The molecule has 1 aliphatic heterocycles. The van der Waals surface area contributed by atoms with Crippen LogP contribution in [0.1, 0.15) is 54.6 Å². The molecule has 7 nitrogen and oxygen atoms in total. The maximum absolute atomic E-state index is 11.9. The van der Waals surface area contributed by atoms with Gasteiger partial charge in [0.05, 0.1) is 6.61 Å². The lowest BCUT2D eigenvalue weighted by molar-refractivity contribution is -0.119. The fourth-order valence-corrected chi connectivity index (χ4v) is 4.67. The van der Waals surface area contributed by atoms with Gasteiger partial charge in [-0.1, -0.05) is 30.1 Å². The summed E-state index contributed by atoms with van der Waals surface area (Å²) >= 11 is 13.0. The van der Waals surface area contributed by atoms with E-state index in [0.717, 1.165) is 22.4 Å². The van der Waals surface area contributed by atoms with Gasteiger partial charge in [-0.2, -0.15) is 0 Å². The molecule has 2 unspecified atom stereocenters. The van der Waals surface area contributed by atoms with Gasteiger partial charge in [-0.15, -0.1) is 0 Å². The van der Waals surface area contributed by atoms with Crippen molar-refractivity contribution in [3.05, 3.63) is 51.2 Å². The van der Waals surface area contributed by atoms with Crippen molar-refractivity contribution < 1.29 is 9.53 Å². The summed E-state index contributed by atoms with van der Waals surface area (Å²) in [4.78, 5) is 20.6. The quantitative estimate of drug-likeness (QED) is 0.614. The molecule has 1 saturated heterocycles. The van der Waals surface area contributed by atoms with Crippen LogP contribution in [0.2, 0.25) is 10.2 Å². The van der Waals surface area contributed by atoms with Crippen molar-refractivity contribution in [3.63, 3.8) is 0 Å². The maximum Gasteiger partial charge on any atom is 0.220 e. The molecule has 3 aromatic rings. The minimum atomic E-state index is -0.199. The Bertz CT molecular complexity index is 1140. The average molecular weight is 448 g/mol. The summed E-state index contributed by atoms with van der Waals surface area (Å²) in [6, 6.07) is 1.92. The van der Waals surface area contributed by atoms with Crippen LogP contribution < -0.4 is 15.8 Å². The van der Waals surface area contributed by atoms with Gasteiger partial charge in [0.25, 0.3) is 0 Å². The molecule has 0 radical (unpaired) electrons. The number of hydrogen-bond donors (Lipinski definition) is 2. The SMILES string of the molecule is CCOc1c(C(C)c2nc(Cl)c3c(N)nccn23)cc(Cl)c(C)c1C1CNC(=O)C1. The lowest BCUT2D eigenvalue weighted by Gasteiger charge is -2.24. The van der Waals surface area contributed by atoms with Crippen LogP contribution in [-0.4, -0.2) is 33.4 Å². The molecule has 3 heterocycles. The van der Waals surface area contributed by atoms with Gasteiger partial charge < -0.3 is 15.8 Å². The van der Waals surface area contributed by atoms with Crippen LogP contribution in [0.4, 0.5) is 5.82 Å². The van der Waals surface area contributed by atoms with Crippen molar-refractivity contribution in [3.8, 4) is 5.75 Å². The number of carbonyl (C=O) groups is 1. The number of ether oxygens (including phenoxy) is 1. The molecule has 0 spiro atoms. The van der Waals surface area contributed by atoms with Crippen LogP contribution in [0.15, 0.2) is 18.5 Å². The van der Waals surface area contributed by atoms with Crippen LogP contribution in [0.5, 0.6) is 5.75 Å². The number of nitrogens with one attached hydrogen (secondary N) is 1. The first-order valence-electron chi connectivity index (χ1n) is 9.83. The Hall–Kier alpha value is -2.51. The first kappa shape index (κ1) is 20.8. The van der Waals surface area contributed by atoms with E-state index in [9.17, 15) is 4.79 Å². The fourth-order valence-electron chi connectivity index (χ4n) is 4.18. The number of carbonyl (C=O) groups excluding carboxylic acids is 1. The molecule has 1 fully saturated rings. The van der Waals surface area contributed by atoms with Crippen molar-refractivity contribution in [1.29, 1.82) is 0 Å². The number of anilines is 1. The third-order valence-corrected chi connectivity index (χ3v) is 6.30. The van der Waals surface area contributed by atoms with Crippen LogP contribution >= 0.6 is 23.2 Å². The zero-order chi connectivity index (χ0) is 21.6. The minimum absolute atomic E-state index is 0.00384. The second-order valence-corrected chi connectivity index (χ2v) is 8.23. The second-order valence-electron chi connectivity index (χ2n) is 7.47. The Morgan fingerprint density at radius 3 is 2.87 bits per heavy atom. The predicted octanol–water partition coefficient (Wildman–Crippen LogP) is 4.08. The van der Waals surface area contributed by atoms with Crippen molar-refractivity contribution in [1.82, 2.24) is 19.7 Å². The highest BCUT2D eigenvalue weighted by atomic mass is 35.5. The average Bonchev–Trinajstić information content (AvgIpc) is 3.28. The first-order chi connectivity index (χ1) is 14.3. The van der Waals surface area contributed by atoms with E-state index >= 15 is 0 Å². The highest BCUT2D eigenvalue weighted by molar-refractivity contribution is 6.33. The van der Waals surface area contributed by atoms with Gasteiger partial charge in [-0.25, -0.2) is 9.97 Å². The normalized spacial score (nSPS) is 17.4. The Balaban J connectivity index is 1.91. The smallest absolute Gasteiger partial charge is 0.220 e. The third kappa shape index (κ3) is 3.36. The van der Waals surface area contributed by atoms with E-state index in [4.69, 9.17) is 33.7 Å².